The maximum Gasteiger partial charge on any atom is 0.292 e. The highest BCUT2D eigenvalue weighted by Crippen LogP contribution is 2.31. The SMILES string of the molecule is CCN(CC1CC1)C(=O)c1ccc([N+](=O)[O-])c(NC)c1. The van der Waals surface area contributed by atoms with E-state index in [-0.39, 0.29) is 11.6 Å². The lowest BCUT2D eigenvalue weighted by Crippen LogP contribution is -2.32. The summed E-state index contributed by atoms with van der Waals surface area (Å²) < 4.78 is 0. The standard InChI is InChI=1S/C14H19N3O3/c1-3-16(9-10-4-5-10)14(18)11-6-7-13(17(19)20)12(8-11)15-2/h6-8,10,15H,3-5,9H2,1-2H3. The Labute approximate surface area is 117 Å². The summed E-state index contributed by atoms with van der Waals surface area (Å²) in [6.07, 6.45) is 2.37. The van der Waals surface area contributed by atoms with E-state index >= 15 is 0 Å². The fraction of sp³-hybridized carbons (Fsp3) is 0.500. The number of hydrogen-bond donors (Lipinski definition) is 1. The average Bonchev–Trinajstić information content (AvgIpc) is 3.27. The first kappa shape index (κ1) is 14.3. The van der Waals surface area contributed by atoms with E-state index in [9.17, 15) is 14.9 Å². The summed E-state index contributed by atoms with van der Waals surface area (Å²) in [6.45, 7) is 3.38. The van der Waals surface area contributed by atoms with Crippen molar-refractivity contribution in [2.45, 2.75) is 19.8 Å². The first-order valence-electron chi connectivity index (χ1n) is 6.82. The van der Waals surface area contributed by atoms with Gasteiger partial charge in [0.1, 0.15) is 5.69 Å². The quantitative estimate of drug-likeness (QED) is 0.640. The molecule has 0 heterocycles. The summed E-state index contributed by atoms with van der Waals surface area (Å²) in [7, 11) is 1.61. The number of nitro groups is 1. The molecule has 0 bridgehead atoms. The van der Waals surface area contributed by atoms with Crippen LogP contribution in [0, 0.1) is 16.0 Å². The molecule has 1 aromatic rings. The molecule has 20 heavy (non-hydrogen) atoms. The minimum atomic E-state index is -0.456. The van der Waals surface area contributed by atoms with Crippen molar-refractivity contribution in [1.29, 1.82) is 0 Å². The Morgan fingerprint density at radius 2 is 2.20 bits per heavy atom. The largest absolute Gasteiger partial charge is 0.383 e. The van der Waals surface area contributed by atoms with Crippen LogP contribution in [0.3, 0.4) is 0 Å². The number of carbonyl (C=O) groups is 1. The molecule has 0 aromatic heterocycles. The zero-order chi connectivity index (χ0) is 14.7. The summed E-state index contributed by atoms with van der Waals surface area (Å²) in [5, 5.41) is 13.6. The Kier molecular flexibility index (Phi) is 4.22. The van der Waals surface area contributed by atoms with Crippen LogP contribution in [0.4, 0.5) is 11.4 Å². The maximum atomic E-state index is 12.4. The second-order valence-electron chi connectivity index (χ2n) is 5.03. The Morgan fingerprint density at radius 1 is 1.50 bits per heavy atom. The van der Waals surface area contributed by atoms with Crippen molar-refractivity contribution in [3.05, 3.63) is 33.9 Å². The molecule has 0 unspecified atom stereocenters. The Morgan fingerprint density at radius 3 is 2.70 bits per heavy atom. The molecule has 2 rings (SSSR count). The first-order chi connectivity index (χ1) is 9.56. The fourth-order valence-corrected chi connectivity index (χ4v) is 2.18. The predicted octanol–water partition coefficient (Wildman–Crippen LogP) is 2.51. The highest BCUT2D eigenvalue weighted by atomic mass is 16.6. The topological polar surface area (TPSA) is 75.5 Å². The van der Waals surface area contributed by atoms with E-state index in [2.05, 4.69) is 5.32 Å². The van der Waals surface area contributed by atoms with Gasteiger partial charge in [-0.2, -0.15) is 0 Å². The number of nitrogens with zero attached hydrogens (tertiary/aromatic N) is 2. The molecule has 0 radical (unpaired) electrons. The molecule has 0 saturated heterocycles. The zero-order valence-electron chi connectivity index (χ0n) is 11.8. The van der Waals surface area contributed by atoms with E-state index in [1.165, 1.54) is 25.0 Å². The van der Waals surface area contributed by atoms with Gasteiger partial charge in [-0.25, -0.2) is 0 Å². The van der Waals surface area contributed by atoms with Crippen molar-refractivity contribution >= 4 is 17.3 Å². The number of nitrogens with one attached hydrogen (secondary N) is 1. The molecule has 0 aliphatic heterocycles. The van der Waals surface area contributed by atoms with Crippen molar-refractivity contribution in [2.24, 2.45) is 5.92 Å². The van der Waals surface area contributed by atoms with Crippen LogP contribution in [0.15, 0.2) is 18.2 Å². The molecule has 0 atom stereocenters. The van der Waals surface area contributed by atoms with Gasteiger partial charge < -0.3 is 10.2 Å². The van der Waals surface area contributed by atoms with Crippen molar-refractivity contribution in [2.75, 3.05) is 25.5 Å². The summed E-state index contributed by atoms with van der Waals surface area (Å²) >= 11 is 0. The number of carbonyl (C=O) groups excluding carboxylic acids is 1. The average molecular weight is 277 g/mol. The molecule has 6 nitrogen and oxygen atoms in total. The lowest BCUT2D eigenvalue weighted by atomic mass is 10.1. The van der Waals surface area contributed by atoms with Crippen molar-refractivity contribution in [3.63, 3.8) is 0 Å². The molecule has 1 aliphatic carbocycles. The number of rotatable bonds is 6. The van der Waals surface area contributed by atoms with Gasteiger partial charge >= 0.3 is 0 Å². The normalized spacial score (nSPS) is 13.9. The van der Waals surface area contributed by atoms with Gasteiger partial charge in [-0.1, -0.05) is 0 Å². The highest BCUT2D eigenvalue weighted by molar-refractivity contribution is 5.96. The van der Waals surface area contributed by atoms with Gasteiger partial charge in [0.2, 0.25) is 0 Å². The molecular formula is C14H19N3O3. The molecule has 1 aromatic carbocycles. The van der Waals surface area contributed by atoms with Gasteiger partial charge in [0.05, 0.1) is 4.92 Å². The van der Waals surface area contributed by atoms with Crippen LogP contribution in [-0.4, -0.2) is 35.9 Å². The van der Waals surface area contributed by atoms with Gasteiger partial charge in [0.25, 0.3) is 11.6 Å². The molecule has 6 heteroatoms. The molecule has 1 N–H and O–H groups in total. The van der Waals surface area contributed by atoms with Crippen LogP contribution >= 0.6 is 0 Å². The minimum Gasteiger partial charge on any atom is -0.383 e. The maximum absolute atomic E-state index is 12.4. The molecule has 1 saturated carbocycles. The number of benzene rings is 1. The van der Waals surface area contributed by atoms with E-state index in [0.29, 0.717) is 23.7 Å². The third kappa shape index (κ3) is 3.07. The van der Waals surface area contributed by atoms with Crippen molar-refractivity contribution in [1.82, 2.24) is 4.90 Å². The minimum absolute atomic E-state index is 0.0192. The van der Waals surface area contributed by atoms with Gasteiger partial charge in [-0.3, -0.25) is 14.9 Å². The predicted molar refractivity (Wildman–Crippen MR) is 76.9 cm³/mol. The van der Waals surface area contributed by atoms with Gasteiger partial charge in [-0.15, -0.1) is 0 Å². The van der Waals surface area contributed by atoms with Crippen LogP contribution in [0.5, 0.6) is 0 Å². The summed E-state index contributed by atoms with van der Waals surface area (Å²) in [4.78, 5) is 24.6. The van der Waals surface area contributed by atoms with E-state index in [1.54, 1.807) is 18.0 Å². The second kappa shape index (κ2) is 5.90. The lowest BCUT2D eigenvalue weighted by Gasteiger charge is -2.21. The number of nitro benzene ring substituents is 1. The summed E-state index contributed by atoms with van der Waals surface area (Å²) in [6, 6.07) is 4.46. The van der Waals surface area contributed by atoms with Crippen LogP contribution in [0.25, 0.3) is 0 Å². The highest BCUT2D eigenvalue weighted by Gasteiger charge is 2.27. The first-order valence-corrected chi connectivity index (χ1v) is 6.82. The molecule has 1 aliphatic rings. The Hall–Kier alpha value is -2.11. The van der Waals surface area contributed by atoms with Crippen LogP contribution in [0.2, 0.25) is 0 Å². The number of amides is 1. The zero-order valence-corrected chi connectivity index (χ0v) is 11.8. The van der Waals surface area contributed by atoms with Crippen LogP contribution in [0.1, 0.15) is 30.1 Å². The Balaban J connectivity index is 2.22. The van der Waals surface area contributed by atoms with Crippen molar-refractivity contribution in [3.8, 4) is 0 Å². The van der Waals surface area contributed by atoms with Crippen molar-refractivity contribution < 1.29 is 9.72 Å². The summed E-state index contributed by atoms with van der Waals surface area (Å²) in [5.74, 6) is 0.562. The number of hydrogen-bond acceptors (Lipinski definition) is 4. The third-order valence-corrected chi connectivity index (χ3v) is 3.55. The van der Waals surface area contributed by atoms with Crippen LogP contribution in [-0.2, 0) is 0 Å². The second-order valence-corrected chi connectivity index (χ2v) is 5.03. The molecular weight excluding hydrogens is 258 g/mol. The molecule has 1 fully saturated rings. The van der Waals surface area contributed by atoms with Gasteiger partial charge in [0, 0.05) is 31.8 Å². The van der Waals surface area contributed by atoms with Crippen LogP contribution < -0.4 is 5.32 Å². The van der Waals surface area contributed by atoms with Gasteiger partial charge in [0.15, 0.2) is 0 Å². The Bertz CT molecular complexity index is 526. The lowest BCUT2D eigenvalue weighted by molar-refractivity contribution is -0.383. The molecule has 1 amide bonds. The monoisotopic (exact) mass is 277 g/mol. The number of anilines is 1. The smallest absolute Gasteiger partial charge is 0.292 e. The molecule has 0 spiro atoms. The van der Waals surface area contributed by atoms with E-state index in [1.807, 2.05) is 6.92 Å². The van der Waals surface area contributed by atoms with E-state index < -0.39 is 4.92 Å². The third-order valence-electron chi connectivity index (χ3n) is 3.55. The fourth-order valence-electron chi connectivity index (χ4n) is 2.18. The van der Waals surface area contributed by atoms with Gasteiger partial charge in [-0.05, 0) is 37.8 Å². The van der Waals surface area contributed by atoms with E-state index in [0.717, 1.165) is 6.54 Å². The summed E-state index contributed by atoms with van der Waals surface area (Å²) in [5.41, 5.74) is 0.833. The molecule has 108 valence electrons. The van der Waals surface area contributed by atoms with E-state index in [4.69, 9.17) is 0 Å².